The van der Waals surface area contributed by atoms with Gasteiger partial charge in [-0.2, -0.15) is 0 Å². The first-order valence-electron chi connectivity index (χ1n) is 4.36. The van der Waals surface area contributed by atoms with Gasteiger partial charge in [0.05, 0.1) is 0 Å². The van der Waals surface area contributed by atoms with Crippen molar-refractivity contribution in [2.45, 2.75) is 27.7 Å². The molecule has 0 aliphatic carbocycles. The van der Waals surface area contributed by atoms with E-state index in [1.54, 1.807) is 39.8 Å². The molecular formula is C13H14O. The maximum absolute atomic E-state index is 11.6. The molecule has 0 fully saturated rings. The van der Waals surface area contributed by atoms with Crippen molar-refractivity contribution in [3.05, 3.63) is 23.3 Å². The minimum Gasteiger partial charge on any atom is -0.289 e. The summed E-state index contributed by atoms with van der Waals surface area (Å²) in [5.74, 6) is 10.9. The smallest absolute Gasteiger partial charge is 0.185 e. The Morgan fingerprint density at radius 1 is 0.929 bits per heavy atom. The van der Waals surface area contributed by atoms with Crippen molar-refractivity contribution in [3.63, 3.8) is 0 Å². The number of rotatable bonds is 2. The molecule has 0 rings (SSSR count). The molecule has 72 valence electrons. The summed E-state index contributed by atoms with van der Waals surface area (Å²) >= 11 is 0. The van der Waals surface area contributed by atoms with E-state index in [-0.39, 0.29) is 5.78 Å². The molecular weight excluding hydrogens is 172 g/mol. The van der Waals surface area contributed by atoms with Crippen LogP contribution in [0.1, 0.15) is 27.7 Å². The van der Waals surface area contributed by atoms with Crippen LogP contribution in [0.5, 0.6) is 0 Å². The minimum absolute atomic E-state index is 0.00417. The van der Waals surface area contributed by atoms with Crippen LogP contribution in [0.2, 0.25) is 0 Å². The molecule has 0 radical (unpaired) electrons. The first-order chi connectivity index (χ1) is 6.63. The second-order valence-corrected chi connectivity index (χ2v) is 2.77. The highest BCUT2D eigenvalue weighted by molar-refractivity contribution is 6.07. The van der Waals surface area contributed by atoms with Crippen molar-refractivity contribution in [1.29, 1.82) is 0 Å². The molecule has 1 nitrogen and oxygen atoms in total. The van der Waals surface area contributed by atoms with Gasteiger partial charge in [-0.1, -0.05) is 11.8 Å². The number of allylic oxidation sites excluding steroid dienone is 4. The number of carbonyl (C=O) groups is 1. The normalized spacial score (nSPS) is 10.9. The lowest BCUT2D eigenvalue weighted by molar-refractivity contribution is -0.112. The Balaban J connectivity index is 4.74. The second kappa shape index (κ2) is 6.75. The number of hydrogen-bond acceptors (Lipinski definition) is 1. The summed E-state index contributed by atoms with van der Waals surface area (Å²) in [4.78, 5) is 11.6. The summed E-state index contributed by atoms with van der Waals surface area (Å²) in [7, 11) is 0. The van der Waals surface area contributed by atoms with Crippen LogP contribution < -0.4 is 0 Å². The van der Waals surface area contributed by atoms with E-state index in [1.807, 2.05) is 0 Å². The molecule has 0 saturated heterocycles. The predicted molar refractivity (Wildman–Crippen MR) is 59.4 cm³/mol. The van der Waals surface area contributed by atoms with Crippen LogP contribution in [-0.2, 0) is 4.79 Å². The fourth-order valence-corrected chi connectivity index (χ4v) is 0.803. The van der Waals surface area contributed by atoms with Gasteiger partial charge in [-0.15, -0.1) is 11.8 Å². The van der Waals surface area contributed by atoms with E-state index >= 15 is 0 Å². The number of ketones is 1. The van der Waals surface area contributed by atoms with Gasteiger partial charge in [-0.25, -0.2) is 0 Å². The van der Waals surface area contributed by atoms with E-state index in [1.165, 1.54) is 0 Å². The summed E-state index contributed by atoms with van der Waals surface area (Å²) in [5, 5.41) is 0. The minimum atomic E-state index is -0.00417. The van der Waals surface area contributed by atoms with Crippen LogP contribution in [0.25, 0.3) is 0 Å². The molecule has 0 aliphatic rings. The Bertz CT molecular complexity index is 348. The standard InChI is InChI=1S/C13H14O/c1-5-7-9-11(3)13(14)12(4)10-8-6-2/h9-10H,1-4H3/b11-9+,12-10+. The number of Topliss-reactive ketones (excluding diaryl/α,β-unsaturated/α-hetero) is 1. The zero-order chi connectivity index (χ0) is 11.0. The van der Waals surface area contributed by atoms with Gasteiger partial charge in [-0.3, -0.25) is 4.79 Å². The van der Waals surface area contributed by atoms with Gasteiger partial charge in [0.2, 0.25) is 0 Å². The molecule has 0 aromatic rings. The third-order valence-electron chi connectivity index (χ3n) is 1.58. The molecule has 0 saturated carbocycles. The Hall–Kier alpha value is -1.73. The molecule has 1 heteroatoms. The van der Waals surface area contributed by atoms with Crippen molar-refractivity contribution in [3.8, 4) is 23.7 Å². The average Bonchev–Trinajstić information content (AvgIpc) is 2.21. The highest BCUT2D eigenvalue weighted by Crippen LogP contribution is 2.03. The molecule has 0 heterocycles. The number of hydrogen-bond donors (Lipinski definition) is 0. The zero-order valence-corrected chi connectivity index (χ0v) is 9.06. The van der Waals surface area contributed by atoms with Crippen LogP contribution in [0.15, 0.2) is 23.3 Å². The van der Waals surface area contributed by atoms with Crippen LogP contribution in [0.4, 0.5) is 0 Å². The molecule has 0 bridgehead atoms. The van der Waals surface area contributed by atoms with Crippen molar-refractivity contribution in [2.24, 2.45) is 0 Å². The van der Waals surface area contributed by atoms with Gasteiger partial charge < -0.3 is 0 Å². The van der Waals surface area contributed by atoms with Crippen molar-refractivity contribution < 1.29 is 4.79 Å². The largest absolute Gasteiger partial charge is 0.289 e. The summed E-state index contributed by atoms with van der Waals surface area (Å²) in [6, 6.07) is 0. The van der Waals surface area contributed by atoms with Crippen LogP contribution in [-0.4, -0.2) is 5.78 Å². The molecule has 14 heavy (non-hydrogen) atoms. The quantitative estimate of drug-likeness (QED) is 0.478. The Kier molecular flexibility index (Phi) is 5.92. The van der Waals surface area contributed by atoms with Crippen LogP contribution in [0, 0.1) is 23.7 Å². The second-order valence-electron chi connectivity index (χ2n) is 2.77. The molecule has 0 spiro atoms. The lowest BCUT2D eigenvalue weighted by atomic mass is 10.1. The van der Waals surface area contributed by atoms with Crippen molar-refractivity contribution >= 4 is 5.78 Å². The maximum atomic E-state index is 11.6. The molecule has 0 unspecified atom stereocenters. The first-order valence-corrected chi connectivity index (χ1v) is 4.36. The van der Waals surface area contributed by atoms with Gasteiger partial charge in [0.15, 0.2) is 5.78 Å². The fourth-order valence-electron chi connectivity index (χ4n) is 0.803. The molecule has 0 aliphatic heterocycles. The maximum Gasteiger partial charge on any atom is 0.185 e. The Morgan fingerprint density at radius 3 is 1.57 bits per heavy atom. The van der Waals surface area contributed by atoms with Gasteiger partial charge in [0.25, 0.3) is 0 Å². The molecule has 0 aromatic carbocycles. The highest BCUT2D eigenvalue weighted by atomic mass is 16.1. The SMILES string of the molecule is CC#C/C=C(\C)C(=O)/C(C)=C/C#CC. The third kappa shape index (κ3) is 4.33. The first kappa shape index (κ1) is 12.3. The third-order valence-corrected chi connectivity index (χ3v) is 1.58. The molecule has 0 amide bonds. The lowest BCUT2D eigenvalue weighted by Gasteiger charge is -1.96. The van der Waals surface area contributed by atoms with E-state index in [0.717, 1.165) is 0 Å². The molecule has 0 N–H and O–H groups in total. The Morgan fingerprint density at radius 2 is 1.29 bits per heavy atom. The summed E-state index contributed by atoms with van der Waals surface area (Å²) < 4.78 is 0. The van der Waals surface area contributed by atoms with E-state index in [4.69, 9.17) is 0 Å². The monoisotopic (exact) mass is 186 g/mol. The van der Waals surface area contributed by atoms with E-state index in [9.17, 15) is 4.79 Å². The highest BCUT2D eigenvalue weighted by Gasteiger charge is 2.04. The van der Waals surface area contributed by atoms with Gasteiger partial charge in [-0.05, 0) is 39.8 Å². The molecule has 0 atom stereocenters. The lowest BCUT2D eigenvalue weighted by Crippen LogP contribution is -2.00. The summed E-state index contributed by atoms with van der Waals surface area (Å²) in [6.07, 6.45) is 3.25. The van der Waals surface area contributed by atoms with Crippen LogP contribution in [0.3, 0.4) is 0 Å². The zero-order valence-electron chi connectivity index (χ0n) is 9.06. The topological polar surface area (TPSA) is 17.1 Å². The summed E-state index contributed by atoms with van der Waals surface area (Å²) in [6.45, 7) is 6.98. The van der Waals surface area contributed by atoms with Gasteiger partial charge >= 0.3 is 0 Å². The van der Waals surface area contributed by atoms with Crippen molar-refractivity contribution in [2.75, 3.05) is 0 Å². The van der Waals surface area contributed by atoms with E-state index in [0.29, 0.717) is 11.1 Å². The fraction of sp³-hybridized carbons (Fsp3) is 0.308. The van der Waals surface area contributed by atoms with E-state index in [2.05, 4.69) is 23.7 Å². The van der Waals surface area contributed by atoms with Crippen LogP contribution >= 0.6 is 0 Å². The van der Waals surface area contributed by atoms with Gasteiger partial charge in [0, 0.05) is 11.1 Å². The van der Waals surface area contributed by atoms with Gasteiger partial charge in [0.1, 0.15) is 0 Å². The van der Waals surface area contributed by atoms with Crippen molar-refractivity contribution in [1.82, 2.24) is 0 Å². The summed E-state index contributed by atoms with van der Waals surface area (Å²) in [5.41, 5.74) is 1.29. The number of carbonyl (C=O) groups excluding carboxylic acids is 1. The molecule has 0 aromatic heterocycles. The Labute approximate surface area is 85.9 Å². The predicted octanol–water partition coefficient (Wildman–Crippen LogP) is 2.49. The van der Waals surface area contributed by atoms with E-state index < -0.39 is 0 Å². The average molecular weight is 186 g/mol.